The first-order valence-electron chi connectivity index (χ1n) is 7.06. The first-order valence-corrected chi connectivity index (χ1v) is 7.94. The summed E-state index contributed by atoms with van der Waals surface area (Å²) < 4.78 is 5.70. The van der Waals surface area contributed by atoms with Gasteiger partial charge in [0.05, 0.1) is 16.5 Å². The smallest absolute Gasteiger partial charge is 0.263 e. The molecule has 116 valence electrons. The van der Waals surface area contributed by atoms with Gasteiger partial charge in [-0.1, -0.05) is 13.8 Å². The standard InChI is InChI=1S/C15H22N2O3S/c1-5-20-12-7-11(15(12,2)3)17(4)14(19)10-6-9(8-21-10)13(16)18/h6,8,11-12H,5,7H2,1-4H3,(H2,16,18). The van der Waals surface area contributed by atoms with E-state index in [4.69, 9.17) is 10.5 Å². The minimum atomic E-state index is -0.506. The van der Waals surface area contributed by atoms with Crippen LogP contribution in [0.2, 0.25) is 0 Å². The molecule has 1 heterocycles. The van der Waals surface area contributed by atoms with Crippen LogP contribution in [0.5, 0.6) is 0 Å². The fourth-order valence-electron chi connectivity index (χ4n) is 2.90. The molecule has 1 saturated carbocycles. The van der Waals surface area contributed by atoms with Gasteiger partial charge in [0.2, 0.25) is 5.91 Å². The Morgan fingerprint density at radius 2 is 2.19 bits per heavy atom. The van der Waals surface area contributed by atoms with Gasteiger partial charge in [-0.3, -0.25) is 9.59 Å². The molecule has 0 saturated heterocycles. The van der Waals surface area contributed by atoms with E-state index >= 15 is 0 Å². The minimum Gasteiger partial charge on any atom is -0.378 e. The molecule has 0 radical (unpaired) electrons. The van der Waals surface area contributed by atoms with E-state index in [1.807, 2.05) is 6.92 Å². The van der Waals surface area contributed by atoms with E-state index in [9.17, 15) is 9.59 Å². The summed E-state index contributed by atoms with van der Waals surface area (Å²) in [5, 5.41) is 1.62. The summed E-state index contributed by atoms with van der Waals surface area (Å²) in [5.74, 6) is -0.575. The van der Waals surface area contributed by atoms with Crippen molar-refractivity contribution in [3.8, 4) is 0 Å². The van der Waals surface area contributed by atoms with Gasteiger partial charge < -0.3 is 15.4 Å². The number of thiophene rings is 1. The predicted molar refractivity (Wildman–Crippen MR) is 82.5 cm³/mol. The van der Waals surface area contributed by atoms with Crippen molar-refractivity contribution < 1.29 is 14.3 Å². The van der Waals surface area contributed by atoms with Gasteiger partial charge in [0, 0.05) is 30.5 Å². The van der Waals surface area contributed by atoms with Crippen LogP contribution >= 0.6 is 11.3 Å². The molecule has 21 heavy (non-hydrogen) atoms. The Hall–Kier alpha value is -1.40. The first-order chi connectivity index (χ1) is 9.78. The van der Waals surface area contributed by atoms with Gasteiger partial charge in [-0.05, 0) is 19.4 Å². The van der Waals surface area contributed by atoms with Gasteiger partial charge in [-0.15, -0.1) is 11.3 Å². The van der Waals surface area contributed by atoms with Crippen LogP contribution in [-0.4, -0.2) is 42.5 Å². The van der Waals surface area contributed by atoms with Gasteiger partial charge >= 0.3 is 0 Å². The van der Waals surface area contributed by atoms with Crippen LogP contribution in [0.1, 0.15) is 47.2 Å². The molecule has 1 fully saturated rings. The Morgan fingerprint density at radius 3 is 2.67 bits per heavy atom. The lowest BCUT2D eigenvalue weighted by atomic mass is 9.64. The lowest BCUT2D eigenvalue weighted by Crippen LogP contribution is -2.62. The Morgan fingerprint density at radius 1 is 1.52 bits per heavy atom. The van der Waals surface area contributed by atoms with E-state index < -0.39 is 5.91 Å². The minimum absolute atomic E-state index is 0.0653. The molecule has 6 heteroatoms. The average molecular weight is 310 g/mol. The number of hydrogen-bond donors (Lipinski definition) is 1. The summed E-state index contributed by atoms with van der Waals surface area (Å²) in [4.78, 5) is 25.9. The van der Waals surface area contributed by atoms with Crippen molar-refractivity contribution in [3.05, 3.63) is 21.9 Å². The normalized spacial score (nSPS) is 23.4. The first kappa shape index (κ1) is 16.0. The zero-order valence-corrected chi connectivity index (χ0v) is 13.7. The third kappa shape index (κ3) is 2.82. The van der Waals surface area contributed by atoms with Crippen molar-refractivity contribution in [2.24, 2.45) is 11.1 Å². The maximum atomic E-state index is 12.5. The van der Waals surface area contributed by atoms with Crippen molar-refractivity contribution in [2.45, 2.75) is 39.3 Å². The van der Waals surface area contributed by atoms with Crippen molar-refractivity contribution in [1.29, 1.82) is 0 Å². The molecule has 0 aliphatic heterocycles. The highest BCUT2D eigenvalue weighted by atomic mass is 32.1. The van der Waals surface area contributed by atoms with Gasteiger partial charge in [-0.25, -0.2) is 0 Å². The lowest BCUT2D eigenvalue weighted by Gasteiger charge is -2.54. The molecule has 2 amide bonds. The number of rotatable bonds is 5. The molecule has 2 unspecified atom stereocenters. The Kier molecular flexibility index (Phi) is 4.39. The topological polar surface area (TPSA) is 72.6 Å². The highest BCUT2D eigenvalue weighted by molar-refractivity contribution is 7.12. The summed E-state index contributed by atoms with van der Waals surface area (Å²) in [6.45, 7) is 6.91. The summed E-state index contributed by atoms with van der Waals surface area (Å²) in [6, 6.07) is 1.71. The number of carbonyl (C=O) groups excluding carboxylic acids is 2. The summed E-state index contributed by atoms with van der Waals surface area (Å²) in [7, 11) is 1.81. The second-order valence-electron chi connectivity index (χ2n) is 6.00. The summed E-state index contributed by atoms with van der Waals surface area (Å²) in [5.41, 5.74) is 5.54. The predicted octanol–water partition coefficient (Wildman–Crippen LogP) is 2.12. The molecule has 1 aromatic heterocycles. The second kappa shape index (κ2) is 5.77. The number of amides is 2. The number of nitrogens with zero attached hydrogens (tertiary/aromatic N) is 1. The Bertz CT molecular complexity index is 553. The van der Waals surface area contributed by atoms with Crippen LogP contribution < -0.4 is 5.73 Å². The van der Waals surface area contributed by atoms with E-state index in [-0.39, 0.29) is 23.5 Å². The van der Waals surface area contributed by atoms with Crippen LogP contribution in [0.4, 0.5) is 0 Å². The van der Waals surface area contributed by atoms with Crippen molar-refractivity contribution in [2.75, 3.05) is 13.7 Å². The Balaban J connectivity index is 2.08. The largest absolute Gasteiger partial charge is 0.378 e. The summed E-state index contributed by atoms with van der Waals surface area (Å²) in [6.07, 6.45) is 1.03. The zero-order valence-electron chi connectivity index (χ0n) is 12.9. The van der Waals surface area contributed by atoms with Crippen LogP contribution in [0.25, 0.3) is 0 Å². The van der Waals surface area contributed by atoms with Gasteiger partial charge in [-0.2, -0.15) is 0 Å². The fourth-order valence-corrected chi connectivity index (χ4v) is 3.78. The number of ether oxygens (including phenoxy) is 1. The SMILES string of the molecule is CCOC1CC(N(C)C(=O)c2cc(C(N)=O)cs2)C1(C)C. The van der Waals surface area contributed by atoms with Gasteiger partial charge in [0.15, 0.2) is 0 Å². The second-order valence-corrected chi connectivity index (χ2v) is 6.91. The molecule has 5 nitrogen and oxygen atoms in total. The number of primary amides is 1. The van der Waals surface area contributed by atoms with Crippen molar-refractivity contribution in [1.82, 2.24) is 4.90 Å². The van der Waals surface area contributed by atoms with E-state index in [2.05, 4.69) is 13.8 Å². The maximum Gasteiger partial charge on any atom is 0.263 e. The molecule has 0 aromatic carbocycles. The third-order valence-electron chi connectivity index (χ3n) is 4.38. The van der Waals surface area contributed by atoms with Gasteiger partial charge in [0.1, 0.15) is 0 Å². The van der Waals surface area contributed by atoms with Crippen molar-refractivity contribution >= 4 is 23.2 Å². The fraction of sp³-hybridized carbons (Fsp3) is 0.600. The molecular formula is C15H22N2O3S. The molecule has 0 spiro atoms. The highest BCUT2D eigenvalue weighted by Crippen LogP contribution is 2.45. The monoisotopic (exact) mass is 310 g/mol. The van der Waals surface area contributed by atoms with Crippen LogP contribution in [0, 0.1) is 5.41 Å². The lowest BCUT2D eigenvalue weighted by molar-refractivity contribution is -0.136. The quantitative estimate of drug-likeness (QED) is 0.905. The molecule has 1 aliphatic rings. The average Bonchev–Trinajstić information content (AvgIpc) is 2.91. The number of nitrogens with two attached hydrogens (primary N) is 1. The number of carbonyl (C=O) groups is 2. The summed E-state index contributed by atoms with van der Waals surface area (Å²) >= 11 is 1.25. The van der Waals surface area contributed by atoms with Crippen LogP contribution in [0.15, 0.2) is 11.4 Å². The van der Waals surface area contributed by atoms with E-state index in [0.29, 0.717) is 17.0 Å². The van der Waals surface area contributed by atoms with E-state index in [1.54, 1.807) is 23.4 Å². The molecule has 1 aliphatic carbocycles. The van der Waals surface area contributed by atoms with Gasteiger partial charge in [0.25, 0.3) is 5.91 Å². The molecule has 0 bridgehead atoms. The zero-order chi connectivity index (χ0) is 15.8. The van der Waals surface area contributed by atoms with Crippen LogP contribution in [0.3, 0.4) is 0 Å². The van der Waals surface area contributed by atoms with E-state index in [1.165, 1.54) is 11.3 Å². The molecule has 2 N–H and O–H groups in total. The van der Waals surface area contributed by atoms with Crippen LogP contribution in [-0.2, 0) is 4.74 Å². The molecule has 2 atom stereocenters. The van der Waals surface area contributed by atoms with Crippen molar-refractivity contribution in [3.63, 3.8) is 0 Å². The molecule has 2 rings (SSSR count). The highest BCUT2D eigenvalue weighted by Gasteiger charge is 2.51. The third-order valence-corrected chi connectivity index (χ3v) is 5.29. The molecule has 1 aromatic rings. The number of hydrogen-bond acceptors (Lipinski definition) is 4. The Labute approximate surface area is 129 Å². The van der Waals surface area contributed by atoms with E-state index in [0.717, 1.165) is 6.42 Å². The molecular weight excluding hydrogens is 288 g/mol. The maximum absolute atomic E-state index is 12.5.